The van der Waals surface area contributed by atoms with Crippen molar-refractivity contribution < 1.29 is 19.3 Å². The van der Waals surface area contributed by atoms with Crippen LogP contribution in [0.4, 0.5) is 0 Å². The topological polar surface area (TPSA) is 51.2 Å². The Morgan fingerprint density at radius 3 is 2.42 bits per heavy atom. The van der Waals surface area contributed by atoms with Crippen LogP contribution in [0.2, 0.25) is 0 Å². The number of hydrogen-bond acceptors (Lipinski definition) is 5. The van der Waals surface area contributed by atoms with E-state index in [9.17, 15) is 5.11 Å². The largest absolute Gasteiger partial charge is 0.504 e. The van der Waals surface area contributed by atoms with Gasteiger partial charge in [-0.15, -0.1) is 0 Å². The maximum atomic E-state index is 10.5. The van der Waals surface area contributed by atoms with Gasteiger partial charge in [0.05, 0.1) is 21.3 Å². The molecule has 0 fully saturated rings. The molecule has 1 heterocycles. The molecule has 1 aliphatic heterocycles. The Morgan fingerprint density at radius 1 is 0.935 bits per heavy atom. The molecule has 0 bridgehead atoms. The summed E-state index contributed by atoms with van der Waals surface area (Å²) in [6, 6.07) is 16.7. The van der Waals surface area contributed by atoms with Gasteiger partial charge in [0.15, 0.2) is 23.0 Å². The van der Waals surface area contributed by atoms with E-state index in [2.05, 4.69) is 41.3 Å². The van der Waals surface area contributed by atoms with Crippen LogP contribution in [0.25, 0.3) is 11.1 Å². The summed E-state index contributed by atoms with van der Waals surface area (Å²) >= 11 is 0. The van der Waals surface area contributed by atoms with E-state index in [1.54, 1.807) is 21.3 Å². The Hall–Kier alpha value is -3.18. The van der Waals surface area contributed by atoms with Crippen LogP contribution in [-0.2, 0) is 19.4 Å². The van der Waals surface area contributed by atoms with E-state index < -0.39 is 0 Å². The van der Waals surface area contributed by atoms with Gasteiger partial charge in [-0.05, 0) is 58.9 Å². The van der Waals surface area contributed by atoms with Gasteiger partial charge >= 0.3 is 0 Å². The van der Waals surface area contributed by atoms with Crippen LogP contribution in [0.15, 0.2) is 48.5 Å². The quantitative estimate of drug-likeness (QED) is 0.650. The number of ether oxygens (including phenoxy) is 3. The van der Waals surface area contributed by atoms with E-state index in [0.29, 0.717) is 5.75 Å². The van der Waals surface area contributed by atoms with Crippen molar-refractivity contribution in [2.75, 3.05) is 27.9 Å². The van der Waals surface area contributed by atoms with E-state index in [4.69, 9.17) is 14.2 Å². The highest BCUT2D eigenvalue weighted by atomic mass is 16.5. The van der Waals surface area contributed by atoms with Crippen molar-refractivity contribution in [1.29, 1.82) is 0 Å². The first-order valence-electron chi connectivity index (χ1n) is 10.6. The highest BCUT2D eigenvalue weighted by molar-refractivity contribution is 5.85. The highest BCUT2D eigenvalue weighted by Crippen LogP contribution is 2.54. The molecule has 5 rings (SSSR count). The summed E-state index contributed by atoms with van der Waals surface area (Å²) in [6.07, 6.45) is 1.78. The standard InChI is InChI=1S/C26H27NO4/c1-29-22-14-19-18(12-21(22)28)11-20-24-17(13-23(30-2)26(31-3)25(19)24)9-10-27(20)15-16-7-5-4-6-8-16/h4-8,12-14,20,28H,9-11,15H2,1-3H3/t20-/m0/s1. The zero-order valence-electron chi connectivity index (χ0n) is 18.1. The average molecular weight is 418 g/mol. The predicted molar refractivity (Wildman–Crippen MR) is 120 cm³/mol. The van der Waals surface area contributed by atoms with Gasteiger partial charge in [-0.2, -0.15) is 0 Å². The molecular weight excluding hydrogens is 390 g/mol. The summed E-state index contributed by atoms with van der Waals surface area (Å²) in [5.74, 6) is 2.11. The Bertz CT molecular complexity index is 1130. The second kappa shape index (κ2) is 7.82. The van der Waals surface area contributed by atoms with Gasteiger partial charge in [-0.1, -0.05) is 30.3 Å². The molecule has 0 unspecified atom stereocenters. The third-order valence-electron chi connectivity index (χ3n) is 6.55. The second-order valence-electron chi connectivity index (χ2n) is 8.17. The van der Waals surface area contributed by atoms with Gasteiger partial charge in [-0.3, -0.25) is 4.90 Å². The summed E-state index contributed by atoms with van der Waals surface area (Å²) in [5, 5.41) is 10.5. The summed E-state index contributed by atoms with van der Waals surface area (Å²) in [5.41, 5.74) is 7.10. The monoisotopic (exact) mass is 417 g/mol. The molecule has 3 aromatic carbocycles. The zero-order valence-corrected chi connectivity index (χ0v) is 18.1. The first-order chi connectivity index (χ1) is 15.1. The first-order valence-corrected chi connectivity index (χ1v) is 10.6. The molecular formula is C26H27NO4. The fourth-order valence-electron chi connectivity index (χ4n) is 5.14. The van der Waals surface area contributed by atoms with Gasteiger partial charge in [0.1, 0.15) is 0 Å². The number of phenols is 1. The van der Waals surface area contributed by atoms with Crippen LogP contribution in [0.5, 0.6) is 23.0 Å². The maximum absolute atomic E-state index is 10.5. The van der Waals surface area contributed by atoms with Crippen LogP contribution in [0.1, 0.15) is 28.3 Å². The number of nitrogens with zero attached hydrogens (tertiary/aromatic N) is 1. The molecule has 5 nitrogen and oxygen atoms in total. The van der Waals surface area contributed by atoms with Crippen molar-refractivity contribution in [2.45, 2.75) is 25.4 Å². The lowest BCUT2D eigenvalue weighted by Crippen LogP contribution is -2.38. The number of benzene rings is 3. The fraction of sp³-hybridized carbons (Fsp3) is 0.308. The lowest BCUT2D eigenvalue weighted by atomic mass is 9.76. The molecule has 2 aliphatic rings. The van der Waals surface area contributed by atoms with Crippen LogP contribution in [0.3, 0.4) is 0 Å². The van der Waals surface area contributed by atoms with E-state index in [-0.39, 0.29) is 11.8 Å². The summed E-state index contributed by atoms with van der Waals surface area (Å²) < 4.78 is 17.0. The minimum atomic E-state index is 0.164. The van der Waals surface area contributed by atoms with E-state index >= 15 is 0 Å². The van der Waals surface area contributed by atoms with Crippen LogP contribution < -0.4 is 14.2 Å². The number of hydrogen-bond donors (Lipinski definition) is 1. The Kier molecular flexibility index (Phi) is 4.98. The molecule has 0 radical (unpaired) electrons. The Balaban J connectivity index is 1.71. The van der Waals surface area contributed by atoms with Crippen molar-refractivity contribution in [1.82, 2.24) is 4.90 Å². The normalized spacial score (nSPS) is 16.9. The molecule has 0 saturated heterocycles. The molecule has 3 aromatic rings. The summed E-state index contributed by atoms with van der Waals surface area (Å²) in [7, 11) is 4.94. The summed E-state index contributed by atoms with van der Waals surface area (Å²) in [4.78, 5) is 2.54. The maximum Gasteiger partial charge on any atom is 0.168 e. The molecule has 0 aromatic heterocycles. The molecule has 5 heteroatoms. The van der Waals surface area contributed by atoms with E-state index in [0.717, 1.165) is 54.1 Å². The number of rotatable bonds is 5. The van der Waals surface area contributed by atoms with Crippen LogP contribution in [-0.4, -0.2) is 37.9 Å². The average Bonchev–Trinajstić information content (AvgIpc) is 2.80. The van der Waals surface area contributed by atoms with Crippen molar-refractivity contribution >= 4 is 0 Å². The van der Waals surface area contributed by atoms with E-state index in [1.807, 2.05) is 12.1 Å². The molecule has 160 valence electrons. The molecule has 0 saturated carbocycles. The third kappa shape index (κ3) is 3.20. The lowest BCUT2D eigenvalue weighted by Gasteiger charge is -2.42. The molecule has 1 N–H and O–H groups in total. The Morgan fingerprint density at radius 2 is 1.71 bits per heavy atom. The number of methoxy groups -OCH3 is 3. The lowest BCUT2D eigenvalue weighted by molar-refractivity contribution is 0.173. The fourth-order valence-corrected chi connectivity index (χ4v) is 5.14. The zero-order chi connectivity index (χ0) is 21.5. The molecule has 1 aliphatic carbocycles. The van der Waals surface area contributed by atoms with Crippen molar-refractivity contribution in [3.05, 3.63) is 70.8 Å². The van der Waals surface area contributed by atoms with Crippen molar-refractivity contribution in [3.8, 4) is 34.1 Å². The second-order valence-corrected chi connectivity index (χ2v) is 8.17. The predicted octanol–water partition coefficient (Wildman–Crippen LogP) is 4.74. The van der Waals surface area contributed by atoms with Crippen LogP contribution in [0, 0.1) is 0 Å². The summed E-state index contributed by atoms with van der Waals surface area (Å²) in [6.45, 7) is 1.86. The first kappa shape index (κ1) is 19.8. The van der Waals surface area contributed by atoms with Gasteiger partial charge in [0, 0.05) is 24.7 Å². The third-order valence-corrected chi connectivity index (χ3v) is 6.55. The smallest absolute Gasteiger partial charge is 0.168 e. The minimum Gasteiger partial charge on any atom is -0.504 e. The number of phenolic OH excluding ortho intramolecular Hbond substituents is 1. The van der Waals surface area contributed by atoms with Crippen LogP contribution >= 0.6 is 0 Å². The van der Waals surface area contributed by atoms with Crippen molar-refractivity contribution in [3.63, 3.8) is 0 Å². The molecule has 31 heavy (non-hydrogen) atoms. The number of fused-ring (bicyclic) bond motifs is 2. The minimum absolute atomic E-state index is 0.164. The van der Waals surface area contributed by atoms with Gasteiger partial charge in [0.2, 0.25) is 0 Å². The number of aromatic hydroxyl groups is 1. The molecule has 0 spiro atoms. The highest BCUT2D eigenvalue weighted by Gasteiger charge is 2.38. The van der Waals surface area contributed by atoms with Gasteiger partial charge < -0.3 is 19.3 Å². The molecule has 1 atom stereocenters. The van der Waals surface area contributed by atoms with Crippen molar-refractivity contribution in [2.24, 2.45) is 0 Å². The van der Waals surface area contributed by atoms with E-state index in [1.165, 1.54) is 16.7 Å². The Labute approximate surface area is 182 Å². The SMILES string of the molecule is COc1cc2c(cc1O)C[C@H]1c3c(cc(OC)c(OC)c3-2)CCN1Cc1ccccc1. The molecule has 0 amide bonds. The van der Waals surface area contributed by atoms with Gasteiger partial charge in [0.25, 0.3) is 0 Å². The van der Waals surface area contributed by atoms with Gasteiger partial charge in [-0.25, -0.2) is 0 Å².